The Morgan fingerprint density at radius 1 is 1.04 bits per heavy atom. The third-order valence-corrected chi connectivity index (χ3v) is 5.26. The van der Waals surface area contributed by atoms with Gasteiger partial charge in [-0.05, 0) is 32.9 Å². The van der Waals surface area contributed by atoms with E-state index in [9.17, 15) is 4.79 Å². The van der Waals surface area contributed by atoms with Crippen molar-refractivity contribution in [1.82, 2.24) is 14.7 Å². The van der Waals surface area contributed by atoms with Crippen LogP contribution in [0.5, 0.6) is 0 Å². The molecule has 0 aromatic carbocycles. The topological polar surface area (TPSA) is 36.0 Å². The highest BCUT2D eigenvalue weighted by molar-refractivity contribution is 5.82. The molecule has 0 amide bonds. The molecule has 0 aromatic rings. The molecular weight excluding hydrogens is 290 g/mol. The first-order valence-corrected chi connectivity index (χ1v) is 9.39. The van der Waals surface area contributed by atoms with Gasteiger partial charge < -0.3 is 9.64 Å². The van der Waals surface area contributed by atoms with Crippen LogP contribution in [0.1, 0.15) is 33.6 Å². The van der Waals surface area contributed by atoms with Gasteiger partial charge in [0.05, 0.1) is 13.2 Å². The maximum atomic E-state index is 11.9. The van der Waals surface area contributed by atoms with E-state index in [4.69, 9.17) is 4.74 Å². The molecule has 0 unspecified atom stereocenters. The number of piperidine rings is 1. The van der Waals surface area contributed by atoms with Crippen LogP contribution in [0.2, 0.25) is 0 Å². The molecule has 2 heterocycles. The lowest BCUT2D eigenvalue weighted by atomic mass is 10.0. The van der Waals surface area contributed by atoms with Gasteiger partial charge in [-0.1, -0.05) is 13.8 Å². The van der Waals surface area contributed by atoms with Crippen molar-refractivity contribution in [2.45, 2.75) is 39.7 Å². The van der Waals surface area contributed by atoms with Crippen LogP contribution < -0.4 is 0 Å². The Bertz CT molecular complexity index is 346. The van der Waals surface area contributed by atoms with Crippen LogP contribution >= 0.6 is 0 Å². The standard InChI is InChI=1S/C18H35N3O2/c1-4-23-14-13-19-7-5-17(6-8-19)21-11-9-20(10-12-21)15-18(22)16(2)3/h16-17H,4-15H2,1-3H3. The molecule has 0 saturated carbocycles. The number of carbonyl (C=O) groups is 1. The molecule has 5 nitrogen and oxygen atoms in total. The van der Waals surface area contributed by atoms with Crippen LogP contribution in [-0.4, -0.2) is 92.1 Å². The lowest BCUT2D eigenvalue weighted by molar-refractivity contribution is -0.123. The monoisotopic (exact) mass is 325 g/mol. The molecular formula is C18H35N3O2. The molecule has 0 spiro atoms. The maximum absolute atomic E-state index is 11.9. The quantitative estimate of drug-likeness (QED) is 0.629. The number of ether oxygens (including phenoxy) is 1. The van der Waals surface area contributed by atoms with E-state index in [1.54, 1.807) is 0 Å². The molecule has 0 N–H and O–H groups in total. The molecule has 134 valence electrons. The summed E-state index contributed by atoms with van der Waals surface area (Å²) in [6, 6.07) is 0.737. The second-order valence-corrected chi connectivity index (χ2v) is 7.20. The second kappa shape index (κ2) is 9.72. The van der Waals surface area contributed by atoms with Crippen molar-refractivity contribution < 1.29 is 9.53 Å². The summed E-state index contributed by atoms with van der Waals surface area (Å²) < 4.78 is 5.45. The summed E-state index contributed by atoms with van der Waals surface area (Å²) in [5, 5.41) is 0. The number of carbonyl (C=O) groups excluding carboxylic acids is 1. The maximum Gasteiger partial charge on any atom is 0.149 e. The zero-order valence-corrected chi connectivity index (χ0v) is 15.3. The third kappa shape index (κ3) is 6.14. The van der Waals surface area contributed by atoms with E-state index in [0.29, 0.717) is 12.3 Å². The largest absolute Gasteiger partial charge is 0.380 e. The Kier molecular flexibility index (Phi) is 7.96. The molecule has 0 aliphatic carbocycles. The van der Waals surface area contributed by atoms with Crippen molar-refractivity contribution in [3.05, 3.63) is 0 Å². The number of likely N-dealkylation sites (tertiary alicyclic amines) is 1. The molecule has 0 radical (unpaired) electrons. The number of Topliss-reactive ketones (excluding diaryl/α,β-unsaturated/α-hetero) is 1. The van der Waals surface area contributed by atoms with E-state index < -0.39 is 0 Å². The average molecular weight is 325 g/mol. The Morgan fingerprint density at radius 3 is 2.26 bits per heavy atom. The van der Waals surface area contributed by atoms with Crippen molar-refractivity contribution in [2.24, 2.45) is 5.92 Å². The summed E-state index contributed by atoms with van der Waals surface area (Å²) in [7, 11) is 0. The Morgan fingerprint density at radius 2 is 1.70 bits per heavy atom. The van der Waals surface area contributed by atoms with Gasteiger partial charge in [0, 0.05) is 51.3 Å². The van der Waals surface area contributed by atoms with E-state index in [2.05, 4.69) is 21.6 Å². The van der Waals surface area contributed by atoms with Gasteiger partial charge in [-0.3, -0.25) is 14.6 Å². The minimum atomic E-state index is 0.161. The predicted octanol–water partition coefficient (Wildman–Crippen LogP) is 1.33. The fourth-order valence-corrected chi connectivity index (χ4v) is 3.54. The molecule has 0 bridgehead atoms. The highest BCUT2D eigenvalue weighted by atomic mass is 16.5. The minimum absolute atomic E-state index is 0.161. The van der Waals surface area contributed by atoms with Crippen molar-refractivity contribution >= 4 is 5.78 Å². The summed E-state index contributed by atoms with van der Waals surface area (Å²) in [6.07, 6.45) is 2.55. The van der Waals surface area contributed by atoms with Crippen LogP contribution in [0.4, 0.5) is 0 Å². The first kappa shape index (κ1) is 18.8. The van der Waals surface area contributed by atoms with Crippen molar-refractivity contribution in [1.29, 1.82) is 0 Å². The summed E-state index contributed by atoms with van der Waals surface area (Å²) in [6.45, 7) is 16.2. The number of piperazine rings is 1. The zero-order valence-electron chi connectivity index (χ0n) is 15.3. The molecule has 2 rings (SSSR count). The minimum Gasteiger partial charge on any atom is -0.380 e. The molecule has 2 aliphatic rings. The molecule has 5 heteroatoms. The van der Waals surface area contributed by atoms with Crippen molar-refractivity contribution in [3.63, 3.8) is 0 Å². The van der Waals surface area contributed by atoms with Gasteiger partial charge in [0.2, 0.25) is 0 Å². The number of ketones is 1. The molecule has 2 saturated heterocycles. The molecule has 2 fully saturated rings. The van der Waals surface area contributed by atoms with Gasteiger partial charge in [0.15, 0.2) is 0 Å². The van der Waals surface area contributed by atoms with Crippen molar-refractivity contribution in [3.8, 4) is 0 Å². The Hall–Kier alpha value is -0.490. The van der Waals surface area contributed by atoms with Crippen LogP contribution in [0.15, 0.2) is 0 Å². The van der Waals surface area contributed by atoms with Crippen LogP contribution in [-0.2, 0) is 9.53 Å². The summed E-state index contributed by atoms with van der Waals surface area (Å²) in [5.41, 5.74) is 0. The smallest absolute Gasteiger partial charge is 0.149 e. The number of hydrogen-bond donors (Lipinski definition) is 0. The molecule has 0 atom stereocenters. The first-order valence-electron chi connectivity index (χ1n) is 9.39. The fourth-order valence-electron chi connectivity index (χ4n) is 3.54. The second-order valence-electron chi connectivity index (χ2n) is 7.20. The van der Waals surface area contributed by atoms with Gasteiger partial charge in [-0.25, -0.2) is 0 Å². The van der Waals surface area contributed by atoms with Crippen LogP contribution in [0.3, 0.4) is 0 Å². The van der Waals surface area contributed by atoms with Gasteiger partial charge in [0.25, 0.3) is 0 Å². The van der Waals surface area contributed by atoms with E-state index in [1.807, 2.05) is 13.8 Å². The molecule has 0 aromatic heterocycles. The average Bonchev–Trinajstić information content (AvgIpc) is 2.56. The molecule has 23 heavy (non-hydrogen) atoms. The third-order valence-electron chi connectivity index (χ3n) is 5.26. The van der Waals surface area contributed by atoms with Gasteiger partial charge in [-0.15, -0.1) is 0 Å². The zero-order chi connectivity index (χ0) is 16.7. The van der Waals surface area contributed by atoms with Gasteiger partial charge in [-0.2, -0.15) is 0 Å². The van der Waals surface area contributed by atoms with E-state index in [0.717, 1.165) is 52.0 Å². The van der Waals surface area contributed by atoms with E-state index >= 15 is 0 Å². The summed E-state index contributed by atoms with van der Waals surface area (Å²) in [4.78, 5) is 19.4. The van der Waals surface area contributed by atoms with Gasteiger partial charge in [0.1, 0.15) is 5.78 Å². The highest BCUT2D eigenvalue weighted by Gasteiger charge is 2.27. The fraction of sp³-hybridized carbons (Fsp3) is 0.944. The highest BCUT2D eigenvalue weighted by Crippen LogP contribution is 2.18. The van der Waals surface area contributed by atoms with Crippen LogP contribution in [0.25, 0.3) is 0 Å². The van der Waals surface area contributed by atoms with Gasteiger partial charge >= 0.3 is 0 Å². The summed E-state index contributed by atoms with van der Waals surface area (Å²) >= 11 is 0. The number of nitrogens with zero attached hydrogens (tertiary/aromatic N) is 3. The lowest BCUT2D eigenvalue weighted by Gasteiger charge is -2.42. The predicted molar refractivity (Wildman–Crippen MR) is 93.8 cm³/mol. The SMILES string of the molecule is CCOCCN1CCC(N2CCN(CC(=O)C(C)C)CC2)CC1. The lowest BCUT2D eigenvalue weighted by Crippen LogP contribution is -2.54. The normalized spacial score (nSPS) is 22.8. The van der Waals surface area contributed by atoms with E-state index in [-0.39, 0.29) is 5.92 Å². The Balaban J connectivity index is 1.64. The summed E-state index contributed by atoms with van der Waals surface area (Å²) in [5.74, 6) is 0.537. The number of rotatable bonds is 8. The van der Waals surface area contributed by atoms with Crippen molar-refractivity contribution in [2.75, 3.05) is 65.6 Å². The van der Waals surface area contributed by atoms with Crippen LogP contribution in [0, 0.1) is 5.92 Å². The number of hydrogen-bond acceptors (Lipinski definition) is 5. The first-order chi connectivity index (χ1) is 11.1. The Labute approximate surface area is 141 Å². The van der Waals surface area contributed by atoms with E-state index in [1.165, 1.54) is 25.9 Å². The molecule has 2 aliphatic heterocycles.